The van der Waals surface area contributed by atoms with E-state index in [1.165, 1.54) is 51.4 Å². The first-order chi connectivity index (χ1) is 21.4. The third-order valence-electron chi connectivity index (χ3n) is 7.71. The highest BCUT2D eigenvalue weighted by Gasteiger charge is 2.12. The van der Waals surface area contributed by atoms with Crippen molar-refractivity contribution in [3.63, 3.8) is 0 Å². The highest BCUT2D eigenvalue weighted by atomic mass is 16.6. The van der Waals surface area contributed by atoms with Gasteiger partial charge in [0, 0.05) is 12.8 Å². The van der Waals surface area contributed by atoms with Crippen LogP contribution in [0.2, 0.25) is 0 Å². The molecule has 0 radical (unpaired) electrons. The molecule has 0 aromatic carbocycles. The second kappa shape index (κ2) is 32.2. The highest BCUT2D eigenvalue weighted by molar-refractivity contribution is 5.69. The van der Waals surface area contributed by atoms with Crippen LogP contribution in [0.15, 0.2) is 48.6 Å². The number of allylic oxidation sites excluding steroid dienone is 7. The lowest BCUT2D eigenvalue weighted by atomic mass is 9.99. The Bertz CT molecular complexity index is 784. The van der Waals surface area contributed by atoms with E-state index in [2.05, 4.69) is 51.2 Å². The van der Waals surface area contributed by atoms with Crippen molar-refractivity contribution in [2.75, 3.05) is 13.2 Å². The number of aliphatic hydroxyl groups is 2. The van der Waals surface area contributed by atoms with Crippen LogP contribution in [-0.2, 0) is 19.1 Å². The fourth-order valence-corrected chi connectivity index (χ4v) is 4.57. The van der Waals surface area contributed by atoms with E-state index in [1.807, 2.05) is 18.2 Å². The molecule has 1 unspecified atom stereocenters. The van der Waals surface area contributed by atoms with E-state index in [1.54, 1.807) is 0 Å². The van der Waals surface area contributed by atoms with Crippen LogP contribution in [0.1, 0.15) is 149 Å². The van der Waals surface area contributed by atoms with Crippen molar-refractivity contribution < 1.29 is 29.3 Å². The van der Waals surface area contributed by atoms with Gasteiger partial charge in [-0.2, -0.15) is 0 Å². The van der Waals surface area contributed by atoms with Gasteiger partial charge in [-0.05, 0) is 44.4 Å². The van der Waals surface area contributed by atoms with Gasteiger partial charge in [0.25, 0.3) is 0 Å². The summed E-state index contributed by atoms with van der Waals surface area (Å²) in [6, 6.07) is 0. The Morgan fingerprint density at radius 1 is 0.636 bits per heavy atom. The normalized spacial score (nSPS) is 14.2. The van der Waals surface area contributed by atoms with Crippen LogP contribution < -0.4 is 0 Å². The van der Waals surface area contributed by atoms with Crippen molar-refractivity contribution in [1.82, 2.24) is 0 Å². The maximum absolute atomic E-state index is 11.9. The first-order valence-corrected chi connectivity index (χ1v) is 17.7. The molecule has 0 heterocycles. The van der Waals surface area contributed by atoms with Crippen LogP contribution >= 0.6 is 0 Å². The van der Waals surface area contributed by atoms with Gasteiger partial charge in [-0.3, -0.25) is 9.59 Å². The monoisotopic (exact) mass is 618 g/mol. The molecule has 0 aliphatic carbocycles. The lowest BCUT2D eigenvalue weighted by Crippen LogP contribution is -2.25. The van der Waals surface area contributed by atoms with Crippen molar-refractivity contribution in [1.29, 1.82) is 0 Å². The standard InChI is InChI=1S/C38H66O6/c1-4-6-22-28-35(39)29-24-19-15-10-8-7-9-11-16-20-25-30-37(41)43-32-36(40)33-44-38(42)31-26-21-17-13-12-14-18-23-27-34(3)5-2/h7-8,11,15-16,19,24,29,34-36,39-40H,4-6,9-10,12-14,17-18,20-23,25-28,30-33H2,1-3H3/b8-7-,16-11-,19-15-,29-24+/t34?,35-,36+/m1/s1. The molecule has 254 valence electrons. The summed E-state index contributed by atoms with van der Waals surface area (Å²) in [5, 5.41) is 19.8. The van der Waals surface area contributed by atoms with Crippen molar-refractivity contribution in [3.8, 4) is 0 Å². The second-order valence-corrected chi connectivity index (χ2v) is 12.1. The molecule has 0 fully saturated rings. The summed E-state index contributed by atoms with van der Waals surface area (Å²) in [4.78, 5) is 23.8. The number of carbonyl (C=O) groups excluding carboxylic acids is 2. The number of hydrogen-bond donors (Lipinski definition) is 2. The van der Waals surface area contributed by atoms with Gasteiger partial charge in [-0.25, -0.2) is 0 Å². The summed E-state index contributed by atoms with van der Waals surface area (Å²) < 4.78 is 10.2. The zero-order valence-corrected chi connectivity index (χ0v) is 28.4. The lowest BCUT2D eigenvalue weighted by molar-refractivity contribution is -0.152. The molecule has 0 aliphatic rings. The Labute approximate surface area is 270 Å². The molecular formula is C38H66O6. The molecule has 0 aliphatic heterocycles. The minimum Gasteiger partial charge on any atom is -0.463 e. The van der Waals surface area contributed by atoms with Crippen molar-refractivity contribution in [2.24, 2.45) is 5.92 Å². The molecule has 2 N–H and O–H groups in total. The van der Waals surface area contributed by atoms with Crippen LogP contribution in [0.4, 0.5) is 0 Å². The van der Waals surface area contributed by atoms with Crippen LogP contribution in [-0.4, -0.2) is 47.6 Å². The van der Waals surface area contributed by atoms with Crippen molar-refractivity contribution in [2.45, 2.75) is 161 Å². The summed E-state index contributed by atoms with van der Waals surface area (Å²) in [6.45, 7) is 6.44. The predicted molar refractivity (Wildman–Crippen MR) is 183 cm³/mol. The Balaban J connectivity index is 3.64. The number of ether oxygens (including phenoxy) is 2. The molecular weight excluding hydrogens is 552 g/mol. The van der Waals surface area contributed by atoms with E-state index in [4.69, 9.17) is 9.47 Å². The minimum atomic E-state index is -0.997. The van der Waals surface area contributed by atoms with Gasteiger partial charge in [0.05, 0.1) is 6.10 Å². The zero-order valence-electron chi connectivity index (χ0n) is 28.4. The van der Waals surface area contributed by atoms with Crippen LogP contribution in [0.5, 0.6) is 0 Å². The van der Waals surface area contributed by atoms with E-state index in [0.29, 0.717) is 12.8 Å². The van der Waals surface area contributed by atoms with Crippen LogP contribution in [0.25, 0.3) is 0 Å². The van der Waals surface area contributed by atoms with Gasteiger partial charge in [-0.1, -0.05) is 146 Å². The molecule has 6 heteroatoms. The second-order valence-electron chi connectivity index (χ2n) is 12.1. The van der Waals surface area contributed by atoms with Gasteiger partial charge in [-0.15, -0.1) is 0 Å². The summed E-state index contributed by atoms with van der Waals surface area (Å²) in [7, 11) is 0. The van der Waals surface area contributed by atoms with Crippen molar-refractivity contribution >= 4 is 11.9 Å². The maximum atomic E-state index is 11.9. The van der Waals surface area contributed by atoms with Crippen molar-refractivity contribution in [3.05, 3.63) is 48.6 Å². The Kier molecular flexibility index (Phi) is 30.6. The third kappa shape index (κ3) is 31.3. The average molecular weight is 619 g/mol. The zero-order chi connectivity index (χ0) is 32.5. The fraction of sp³-hybridized carbons (Fsp3) is 0.737. The summed E-state index contributed by atoms with van der Waals surface area (Å²) in [5.41, 5.74) is 0. The van der Waals surface area contributed by atoms with E-state index in [0.717, 1.165) is 63.7 Å². The van der Waals surface area contributed by atoms with E-state index >= 15 is 0 Å². The third-order valence-corrected chi connectivity index (χ3v) is 7.71. The van der Waals surface area contributed by atoms with Gasteiger partial charge in [0.1, 0.15) is 19.3 Å². The summed E-state index contributed by atoms with van der Waals surface area (Å²) in [5.74, 6) is 0.192. The molecule has 3 atom stereocenters. The van der Waals surface area contributed by atoms with Gasteiger partial charge >= 0.3 is 11.9 Å². The molecule has 0 saturated carbocycles. The predicted octanol–water partition coefficient (Wildman–Crippen LogP) is 9.50. The Morgan fingerprint density at radius 2 is 1.18 bits per heavy atom. The van der Waals surface area contributed by atoms with Gasteiger partial charge in [0.2, 0.25) is 0 Å². The molecule has 0 aromatic heterocycles. The summed E-state index contributed by atoms with van der Waals surface area (Å²) >= 11 is 0. The SMILES string of the molecule is CCCCC[C@@H](O)/C=C/C=C\C/C=C\C/C=C\CCCC(=O)OC[C@H](O)COC(=O)CCCCCCCCCCC(C)CC. The quantitative estimate of drug-likeness (QED) is 0.0360. The number of rotatable bonds is 30. The smallest absolute Gasteiger partial charge is 0.305 e. The molecule has 6 nitrogen and oxygen atoms in total. The van der Waals surface area contributed by atoms with E-state index in [-0.39, 0.29) is 37.7 Å². The van der Waals surface area contributed by atoms with Gasteiger partial charge in [0.15, 0.2) is 0 Å². The number of hydrogen-bond acceptors (Lipinski definition) is 6. The van der Waals surface area contributed by atoms with E-state index < -0.39 is 6.10 Å². The first-order valence-electron chi connectivity index (χ1n) is 17.7. The minimum absolute atomic E-state index is 0.145. The van der Waals surface area contributed by atoms with Crippen LogP contribution in [0, 0.1) is 5.92 Å². The number of aliphatic hydroxyl groups excluding tert-OH is 2. The lowest BCUT2D eigenvalue weighted by Gasteiger charge is -2.12. The molecule has 0 saturated heterocycles. The molecule has 0 bridgehead atoms. The number of carbonyl (C=O) groups is 2. The molecule has 0 spiro atoms. The summed E-state index contributed by atoms with van der Waals surface area (Å²) in [6.07, 6.45) is 34.9. The highest BCUT2D eigenvalue weighted by Crippen LogP contribution is 2.15. The average Bonchev–Trinajstić information content (AvgIpc) is 3.01. The molecule has 0 amide bonds. The largest absolute Gasteiger partial charge is 0.463 e. The van der Waals surface area contributed by atoms with E-state index in [9.17, 15) is 19.8 Å². The number of esters is 2. The van der Waals surface area contributed by atoms with Gasteiger partial charge < -0.3 is 19.7 Å². The fourth-order valence-electron chi connectivity index (χ4n) is 4.57. The Morgan fingerprint density at radius 3 is 1.82 bits per heavy atom. The molecule has 0 aromatic rings. The first kappa shape index (κ1) is 41.8. The Hall–Kier alpha value is -2.18. The molecule has 0 rings (SSSR count). The number of unbranched alkanes of at least 4 members (excludes halogenated alkanes) is 10. The maximum Gasteiger partial charge on any atom is 0.305 e. The van der Waals surface area contributed by atoms with Crippen LogP contribution in [0.3, 0.4) is 0 Å². The topological polar surface area (TPSA) is 93.1 Å². The molecule has 44 heavy (non-hydrogen) atoms.